The van der Waals surface area contributed by atoms with Crippen LogP contribution in [0.25, 0.3) is 0 Å². The van der Waals surface area contributed by atoms with Crippen molar-refractivity contribution in [3.63, 3.8) is 0 Å². The summed E-state index contributed by atoms with van der Waals surface area (Å²) in [4.78, 5) is 7.97. The summed E-state index contributed by atoms with van der Waals surface area (Å²) in [5.41, 5.74) is 6.38. The van der Waals surface area contributed by atoms with Gasteiger partial charge in [0.2, 0.25) is 5.95 Å². The van der Waals surface area contributed by atoms with Crippen LogP contribution in [0, 0.1) is 0 Å². The van der Waals surface area contributed by atoms with Crippen LogP contribution in [0.2, 0.25) is 10.0 Å². The van der Waals surface area contributed by atoms with E-state index in [1.54, 1.807) is 12.1 Å². The van der Waals surface area contributed by atoms with E-state index in [4.69, 9.17) is 28.9 Å². The van der Waals surface area contributed by atoms with Crippen LogP contribution >= 0.6 is 23.2 Å². The van der Waals surface area contributed by atoms with E-state index in [2.05, 4.69) is 15.3 Å². The van der Waals surface area contributed by atoms with Gasteiger partial charge in [0.15, 0.2) is 0 Å². The van der Waals surface area contributed by atoms with Crippen LogP contribution in [0.3, 0.4) is 0 Å². The second-order valence-corrected chi connectivity index (χ2v) is 3.90. The number of nitrogens with one attached hydrogen (secondary N) is 1. The molecular formula is C10H8Cl2N4. The van der Waals surface area contributed by atoms with Crippen LogP contribution < -0.4 is 11.1 Å². The highest BCUT2D eigenvalue weighted by molar-refractivity contribution is 6.32. The average molecular weight is 255 g/mol. The minimum atomic E-state index is 0.244. The number of anilines is 3. The average Bonchev–Trinajstić information content (AvgIpc) is 2.27. The Labute approximate surface area is 102 Å². The van der Waals surface area contributed by atoms with Gasteiger partial charge in [-0.15, -0.1) is 0 Å². The highest BCUT2D eigenvalue weighted by Crippen LogP contribution is 2.19. The van der Waals surface area contributed by atoms with Crippen molar-refractivity contribution in [1.82, 2.24) is 9.97 Å². The lowest BCUT2D eigenvalue weighted by molar-refractivity contribution is 1.17. The molecule has 0 atom stereocenters. The van der Waals surface area contributed by atoms with Gasteiger partial charge in [0.25, 0.3) is 0 Å². The third-order valence-electron chi connectivity index (χ3n) is 1.87. The van der Waals surface area contributed by atoms with Crippen LogP contribution in [0.1, 0.15) is 0 Å². The molecule has 1 aromatic carbocycles. The number of hydrogen-bond acceptors (Lipinski definition) is 4. The predicted octanol–water partition coefficient (Wildman–Crippen LogP) is 3.11. The van der Waals surface area contributed by atoms with Crippen molar-refractivity contribution in [2.75, 3.05) is 11.1 Å². The molecule has 0 saturated carbocycles. The Morgan fingerprint density at radius 3 is 2.44 bits per heavy atom. The van der Waals surface area contributed by atoms with E-state index < -0.39 is 0 Å². The van der Waals surface area contributed by atoms with Crippen LogP contribution in [0.15, 0.2) is 30.5 Å². The molecule has 16 heavy (non-hydrogen) atoms. The lowest BCUT2D eigenvalue weighted by atomic mass is 10.3. The first-order chi connectivity index (χ1) is 7.65. The molecule has 1 heterocycles. The molecule has 4 nitrogen and oxygen atoms in total. The topological polar surface area (TPSA) is 63.8 Å². The zero-order chi connectivity index (χ0) is 11.5. The number of halogens is 2. The van der Waals surface area contributed by atoms with E-state index in [-0.39, 0.29) is 5.82 Å². The smallest absolute Gasteiger partial charge is 0.229 e. The number of aromatic nitrogens is 2. The van der Waals surface area contributed by atoms with Crippen LogP contribution in [-0.2, 0) is 0 Å². The van der Waals surface area contributed by atoms with Crippen LogP contribution in [0.5, 0.6) is 0 Å². The number of hydrogen-bond donors (Lipinski definition) is 2. The molecule has 0 spiro atoms. The fraction of sp³-hybridized carbons (Fsp3) is 0. The normalized spacial score (nSPS) is 10.1. The highest BCUT2D eigenvalue weighted by atomic mass is 35.5. The molecule has 0 radical (unpaired) electrons. The molecule has 0 aliphatic carbocycles. The largest absolute Gasteiger partial charge is 0.382 e. The van der Waals surface area contributed by atoms with Crippen molar-refractivity contribution in [3.05, 3.63) is 40.5 Å². The lowest BCUT2D eigenvalue weighted by Gasteiger charge is -2.05. The van der Waals surface area contributed by atoms with Gasteiger partial charge in [0, 0.05) is 10.7 Å². The van der Waals surface area contributed by atoms with Gasteiger partial charge in [-0.05, 0) is 24.3 Å². The summed E-state index contributed by atoms with van der Waals surface area (Å²) in [6, 6.07) is 7.17. The minimum absolute atomic E-state index is 0.244. The maximum Gasteiger partial charge on any atom is 0.229 e. The summed E-state index contributed by atoms with van der Waals surface area (Å²) in [6.45, 7) is 0. The zero-order valence-electron chi connectivity index (χ0n) is 8.11. The van der Waals surface area contributed by atoms with Crippen LogP contribution in [0.4, 0.5) is 17.5 Å². The first-order valence-electron chi connectivity index (χ1n) is 4.46. The molecule has 0 aliphatic rings. The van der Waals surface area contributed by atoms with E-state index in [1.165, 1.54) is 6.20 Å². The zero-order valence-corrected chi connectivity index (χ0v) is 9.63. The van der Waals surface area contributed by atoms with E-state index in [1.807, 2.05) is 12.1 Å². The van der Waals surface area contributed by atoms with Crippen molar-refractivity contribution in [2.24, 2.45) is 0 Å². The molecule has 0 bridgehead atoms. The Kier molecular flexibility index (Phi) is 3.12. The maximum atomic E-state index is 5.76. The van der Waals surface area contributed by atoms with Gasteiger partial charge in [-0.25, -0.2) is 4.98 Å². The van der Waals surface area contributed by atoms with Crippen LogP contribution in [-0.4, -0.2) is 9.97 Å². The SMILES string of the molecule is Nc1nc(Nc2ccc(Cl)cc2)ncc1Cl. The Balaban J connectivity index is 2.20. The molecule has 1 aromatic heterocycles. The molecule has 0 amide bonds. The number of nitrogens with two attached hydrogens (primary N) is 1. The summed E-state index contributed by atoms with van der Waals surface area (Å²) in [6.07, 6.45) is 1.45. The summed E-state index contributed by atoms with van der Waals surface area (Å²) in [5, 5.41) is 3.98. The quantitative estimate of drug-likeness (QED) is 0.865. The van der Waals surface area contributed by atoms with Gasteiger partial charge in [-0.1, -0.05) is 23.2 Å². The van der Waals surface area contributed by atoms with Crippen molar-refractivity contribution in [3.8, 4) is 0 Å². The number of nitrogens with zero attached hydrogens (tertiary/aromatic N) is 2. The number of nitrogen functional groups attached to an aromatic ring is 1. The first kappa shape index (κ1) is 11.0. The number of rotatable bonds is 2. The molecule has 3 N–H and O–H groups in total. The molecule has 0 fully saturated rings. The van der Waals surface area contributed by atoms with Gasteiger partial charge in [0.1, 0.15) is 10.8 Å². The van der Waals surface area contributed by atoms with E-state index in [9.17, 15) is 0 Å². The molecule has 2 rings (SSSR count). The second-order valence-electron chi connectivity index (χ2n) is 3.06. The minimum Gasteiger partial charge on any atom is -0.382 e. The maximum absolute atomic E-state index is 5.76. The second kappa shape index (κ2) is 4.55. The molecule has 0 saturated heterocycles. The first-order valence-corrected chi connectivity index (χ1v) is 5.21. The summed E-state index contributed by atoms with van der Waals surface area (Å²) < 4.78 is 0. The monoisotopic (exact) mass is 254 g/mol. The molecular weight excluding hydrogens is 247 g/mol. The lowest BCUT2D eigenvalue weighted by Crippen LogP contribution is -2.00. The van der Waals surface area contributed by atoms with Gasteiger partial charge >= 0.3 is 0 Å². The third-order valence-corrected chi connectivity index (χ3v) is 2.41. The van der Waals surface area contributed by atoms with Crippen molar-refractivity contribution in [1.29, 1.82) is 0 Å². The van der Waals surface area contributed by atoms with Crippen molar-refractivity contribution < 1.29 is 0 Å². The van der Waals surface area contributed by atoms with Gasteiger partial charge in [-0.2, -0.15) is 4.98 Å². The highest BCUT2D eigenvalue weighted by Gasteiger charge is 2.01. The van der Waals surface area contributed by atoms with Gasteiger partial charge < -0.3 is 11.1 Å². The summed E-state index contributed by atoms with van der Waals surface area (Å²) in [7, 11) is 0. The Morgan fingerprint density at radius 2 is 1.81 bits per heavy atom. The number of benzene rings is 1. The Hall–Kier alpha value is -1.52. The van der Waals surface area contributed by atoms with E-state index in [0.29, 0.717) is 16.0 Å². The molecule has 6 heteroatoms. The Bertz CT molecular complexity index is 499. The molecule has 0 unspecified atom stereocenters. The summed E-state index contributed by atoms with van der Waals surface area (Å²) >= 11 is 11.5. The Morgan fingerprint density at radius 1 is 1.12 bits per heavy atom. The van der Waals surface area contributed by atoms with Gasteiger partial charge in [-0.3, -0.25) is 0 Å². The fourth-order valence-electron chi connectivity index (χ4n) is 1.10. The molecule has 0 aliphatic heterocycles. The third kappa shape index (κ3) is 2.53. The van der Waals surface area contributed by atoms with Crippen molar-refractivity contribution in [2.45, 2.75) is 0 Å². The molecule has 82 valence electrons. The van der Waals surface area contributed by atoms with Gasteiger partial charge in [0.05, 0.1) is 6.20 Å². The molecule has 2 aromatic rings. The predicted molar refractivity (Wildman–Crippen MR) is 66.2 cm³/mol. The standard InChI is InChI=1S/C10H8Cl2N4/c11-6-1-3-7(4-2-6)15-10-14-5-8(12)9(13)16-10/h1-5H,(H3,13,14,15,16). The van der Waals surface area contributed by atoms with E-state index >= 15 is 0 Å². The van der Waals surface area contributed by atoms with E-state index in [0.717, 1.165) is 5.69 Å². The fourth-order valence-corrected chi connectivity index (χ4v) is 1.32. The van der Waals surface area contributed by atoms with Crippen molar-refractivity contribution >= 4 is 40.7 Å². The summed E-state index contributed by atoms with van der Waals surface area (Å²) in [5.74, 6) is 0.636.